The summed E-state index contributed by atoms with van der Waals surface area (Å²) in [5.74, 6) is 0. The molecule has 1 heterocycles. The van der Waals surface area contributed by atoms with Crippen LogP contribution in [0.1, 0.15) is 10.4 Å². The van der Waals surface area contributed by atoms with E-state index in [1.54, 1.807) is 0 Å². The van der Waals surface area contributed by atoms with Crippen LogP contribution in [0.25, 0.3) is 0 Å². The van der Waals surface area contributed by atoms with Crippen LogP contribution >= 0.6 is 23.2 Å². The second kappa shape index (κ2) is 3.60. The fraction of sp³-hybridized carbons (Fsp3) is 0. The zero-order valence-corrected chi connectivity index (χ0v) is 7.13. The van der Waals surface area contributed by atoms with Crippen molar-refractivity contribution in [2.24, 2.45) is 5.18 Å². The molecule has 0 unspecified atom stereocenters. The molecule has 0 bridgehead atoms. The second-order valence-corrected chi connectivity index (χ2v) is 2.60. The van der Waals surface area contributed by atoms with Gasteiger partial charge in [0.15, 0.2) is 5.15 Å². The van der Waals surface area contributed by atoms with Gasteiger partial charge in [-0.05, 0) is 22.8 Å². The monoisotopic (exact) mass is 204 g/mol. The summed E-state index contributed by atoms with van der Waals surface area (Å²) in [7, 11) is 0. The first-order valence-corrected chi connectivity index (χ1v) is 3.59. The van der Waals surface area contributed by atoms with Crippen LogP contribution in [0.5, 0.6) is 0 Å². The van der Waals surface area contributed by atoms with Crippen LogP contribution in [0, 0.1) is 4.91 Å². The number of aromatic nitrogens is 1. The van der Waals surface area contributed by atoms with Gasteiger partial charge in [0.05, 0.1) is 5.56 Å². The van der Waals surface area contributed by atoms with Gasteiger partial charge in [0, 0.05) is 6.20 Å². The predicted octanol–water partition coefficient (Wildman–Crippen LogP) is 2.51. The van der Waals surface area contributed by atoms with Gasteiger partial charge in [0.1, 0.15) is 5.69 Å². The number of rotatable bonds is 2. The van der Waals surface area contributed by atoms with Gasteiger partial charge in [0.2, 0.25) is 0 Å². The van der Waals surface area contributed by atoms with E-state index in [0.29, 0.717) is 0 Å². The number of carbonyl (C=O) groups is 1. The summed E-state index contributed by atoms with van der Waals surface area (Å²) < 4.78 is 0. The number of nitrogens with zero attached hydrogens (tertiary/aromatic N) is 2. The first kappa shape index (κ1) is 9.09. The lowest BCUT2D eigenvalue weighted by Crippen LogP contribution is -1.89. The Morgan fingerprint density at radius 1 is 1.58 bits per heavy atom. The van der Waals surface area contributed by atoms with Crippen molar-refractivity contribution in [1.82, 2.24) is 4.98 Å². The van der Waals surface area contributed by atoms with E-state index in [0.717, 1.165) is 0 Å². The quantitative estimate of drug-likeness (QED) is 0.423. The first-order chi connectivity index (χ1) is 5.65. The molecule has 1 aromatic heterocycles. The molecule has 0 saturated carbocycles. The lowest BCUT2D eigenvalue weighted by atomic mass is 10.3. The highest BCUT2D eigenvalue weighted by Crippen LogP contribution is 2.23. The molecule has 0 saturated heterocycles. The third-order valence-corrected chi connectivity index (χ3v) is 1.66. The topological polar surface area (TPSA) is 59.4 Å². The van der Waals surface area contributed by atoms with Gasteiger partial charge in [-0.2, -0.15) is 0 Å². The van der Waals surface area contributed by atoms with Crippen LogP contribution in [0.4, 0.5) is 5.69 Å². The van der Waals surface area contributed by atoms with E-state index < -0.39 is 5.24 Å². The van der Waals surface area contributed by atoms with Crippen LogP contribution in [0.2, 0.25) is 5.15 Å². The summed E-state index contributed by atoms with van der Waals surface area (Å²) in [4.78, 5) is 24.2. The predicted molar refractivity (Wildman–Crippen MR) is 44.9 cm³/mol. The SMILES string of the molecule is O=Nc1cc(C(=O)Cl)cnc1Cl. The fourth-order valence-electron chi connectivity index (χ4n) is 0.608. The smallest absolute Gasteiger partial charge is 0.254 e. The summed E-state index contributed by atoms with van der Waals surface area (Å²) in [6.45, 7) is 0. The number of carbonyl (C=O) groups excluding carboxylic acids is 1. The molecule has 0 amide bonds. The van der Waals surface area contributed by atoms with E-state index >= 15 is 0 Å². The van der Waals surface area contributed by atoms with Crippen LogP contribution in [-0.4, -0.2) is 10.2 Å². The lowest BCUT2D eigenvalue weighted by Gasteiger charge is -1.94. The van der Waals surface area contributed by atoms with Crippen LogP contribution < -0.4 is 0 Å². The Hall–Kier alpha value is -1.00. The molecule has 12 heavy (non-hydrogen) atoms. The van der Waals surface area contributed by atoms with E-state index in [4.69, 9.17) is 23.2 Å². The number of halogens is 2. The highest BCUT2D eigenvalue weighted by molar-refractivity contribution is 6.67. The average molecular weight is 205 g/mol. The zero-order valence-electron chi connectivity index (χ0n) is 5.62. The molecule has 0 aliphatic heterocycles. The van der Waals surface area contributed by atoms with E-state index in [1.807, 2.05) is 0 Å². The fourth-order valence-corrected chi connectivity index (χ4v) is 0.849. The average Bonchev–Trinajstić information content (AvgIpc) is 2.05. The largest absolute Gasteiger partial charge is 0.276 e. The molecule has 0 aliphatic rings. The van der Waals surface area contributed by atoms with Gasteiger partial charge in [-0.3, -0.25) is 4.79 Å². The summed E-state index contributed by atoms with van der Waals surface area (Å²) >= 11 is 10.6. The molecule has 0 spiro atoms. The second-order valence-electron chi connectivity index (χ2n) is 1.90. The molecule has 62 valence electrons. The van der Waals surface area contributed by atoms with Crippen LogP contribution in [0.15, 0.2) is 17.4 Å². The minimum Gasteiger partial charge on any atom is -0.276 e. The number of hydrogen-bond acceptors (Lipinski definition) is 4. The molecule has 6 heteroatoms. The van der Waals surface area contributed by atoms with Crippen molar-refractivity contribution >= 4 is 34.1 Å². The highest BCUT2D eigenvalue weighted by atomic mass is 35.5. The number of hydrogen-bond donors (Lipinski definition) is 0. The van der Waals surface area contributed by atoms with Crippen LogP contribution in [-0.2, 0) is 0 Å². The van der Waals surface area contributed by atoms with Crippen molar-refractivity contribution in [3.63, 3.8) is 0 Å². The van der Waals surface area contributed by atoms with E-state index in [2.05, 4.69) is 10.2 Å². The summed E-state index contributed by atoms with van der Waals surface area (Å²) in [6, 6.07) is 1.18. The van der Waals surface area contributed by atoms with E-state index in [-0.39, 0.29) is 16.4 Å². The maximum Gasteiger partial charge on any atom is 0.254 e. The molecule has 1 rings (SSSR count). The Bertz CT molecular complexity index is 340. The van der Waals surface area contributed by atoms with Gasteiger partial charge in [-0.25, -0.2) is 4.98 Å². The lowest BCUT2D eigenvalue weighted by molar-refractivity contribution is 0.108. The molecule has 0 aliphatic carbocycles. The zero-order chi connectivity index (χ0) is 9.14. The summed E-state index contributed by atoms with van der Waals surface area (Å²) in [5.41, 5.74) is -0.00108. The van der Waals surface area contributed by atoms with Crippen molar-refractivity contribution in [3.05, 3.63) is 27.9 Å². The molecular weight excluding hydrogens is 203 g/mol. The maximum atomic E-state index is 10.6. The third kappa shape index (κ3) is 1.78. The van der Waals surface area contributed by atoms with Gasteiger partial charge >= 0.3 is 0 Å². The molecule has 0 radical (unpaired) electrons. The normalized spacial score (nSPS) is 9.50. The highest BCUT2D eigenvalue weighted by Gasteiger charge is 2.07. The van der Waals surface area contributed by atoms with Crippen LogP contribution in [0.3, 0.4) is 0 Å². The minimum absolute atomic E-state index is 0.0494. The maximum absolute atomic E-state index is 10.6. The molecule has 0 fully saturated rings. The Kier molecular flexibility index (Phi) is 2.73. The van der Waals surface area contributed by atoms with Gasteiger partial charge < -0.3 is 0 Å². The van der Waals surface area contributed by atoms with Gasteiger partial charge in [0.25, 0.3) is 5.24 Å². The molecule has 0 aromatic carbocycles. The molecular formula is C6H2Cl2N2O2. The molecule has 0 N–H and O–H groups in total. The van der Waals surface area contributed by atoms with Crippen molar-refractivity contribution < 1.29 is 4.79 Å². The van der Waals surface area contributed by atoms with Crippen molar-refractivity contribution in [3.8, 4) is 0 Å². The standard InChI is InChI=1S/C6H2Cl2N2O2/c7-5-4(10-12)1-3(2-9-5)6(8)11/h1-2H. The first-order valence-electron chi connectivity index (χ1n) is 2.84. The van der Waals surface area contributed by atoms with Gasteiger partial charge in [-0.15, -0.1) is 4.91 Å². The van der Waals surface area contributed by atoms with E-state index in [1.165, 1.54) is 12.3 Å². The molecule has 1 aromatic rings. The Morgan fingerprint density at radius 3 is 2.75 bits per heavy atom. The van der Waals surface area contributed by atoms with Crippen molar-refractivity contribution in [2.45, 2.75) is 0 Å². The van der Waals surface area contributed by atoms with Crippen molar-refractivity contribution in [1.29, 1.82) is 0 Å². The summed E-state index contributed by atoms with van der Waals surface area (Å²) in [6.07, 6.45) is 1.17. The Labute approximate surface area is 77.5 Å². The number of pyridine rings is 1. The summed E-state index contributed by atoms with van der Waals surface area (Å²) in [5, 5.41) is 1.80. The number of nitroso groups, excluding NO2 is 1. The molecule has 0 atom stereocenters. The Morgan fingerprint density at radius 2 is 2.25 bits per heavy atom. The Balaban J connectivity index is 3.22. The third-order valence-electron chi connectivity index (χ3n) is 1.15. The van der Waals surface area contributed by atoms with Gasteiger partial charge in [-0.1, -0.05) is 11.6 Å². The van der Waals surface area contributed by atoms with E-state index in [9.17, 15) is 9.70 Å². The molecule has 4 nitrogen and oxygen atoms in total. The minimum atomic E-state index is -0.705. The van der Waals surface area contributed by atoms with Crippen molar-refractivity contribution in [2.75, 3.05) is 0 Å².